The zero-order chi connectivity index (χ0) is 29.9. The Bertz CT molecular complexity index is 1460. The Labute approximate surface area is 222 Å². The standard InChI is InChI=1S/C17H21N4O16P3/c22-14-12(9-34-39(30,31)37-40(32,33)36-38(27,28)29)35-16(15(14)23)20-8-6-13(19-17(20)24)18-7-5-10-1-3-11(4-2-10)21(25)26/h1-8,12,14-16,22-23H,9H2,(H,30,31)(H,32,33)(H,18,19,24)(H2,27,28,29)/b7-5+/t12-,14-,15-,16+/m1/s1. The van der Waals surface area contributed by atoms with E-state index in [2.05, 4.69) is 23.4 Å². The maximum Gasteiger partial charge on any atom is 0.490 e. The number of nitrogens with zero attached hydrogens (tertiary/aromatic N) is 3. The van der Waals surface area contributed by atoms with Gasteiger partial charge in [0.15, 0.2) is 6.23 Å². The lowest BCUT2D eigenvalue weighted by Gasteiger charge is -2.19. The van der Waals surface area contributed by atoms with E-state index in [1.807, 2.05) is 0 Å². The van der Waals surface area contributed by atoms with Crippen LogP contribution >= 0.6 is 23.5 Å². The minimum absolute atomic E-state index is 0.0525. The highest BCUT2D eigenvalue weighted by Gasteiger charge is 2.46. The maximum atomic E-state index is 12.5. The molecule has 6 atom stereocenters. The van der Waals surface area contributed by atoms with Gasteiger partial charge in [-0.15, -0.1) is 0 Å². The summed E-state index contributed by atoms with van der Waals surface area (Å²) in [6.07, 6.45) is -2.67. The molecular weight excluding hydrogens is 609 g/mol. The number of hydrogen-bond acceptors (Lipinski definition) is 14. The molecule has 1 saturated heterocycles. The first-order chi connectivity index (χ1) is 18.5. The summed E-state index contributed by atoms with van der Waals surface area (Å²) >= 11 is 0. The molecule has 1 aromatic heterocycles. The van der Waals surface area contributed by atoms with Crippen LogP contribution in [-0.2, 0) is 31.6 Å². The largest absolute Gasteiger partial charge is 0.490 e. The molecule has 1 aromatic carbocycles. The summed E-state index contributed by atoms with van der Waals surface area (Å²) < 4.78 is 51.5. The number of ether oxygens (including phenoxy) is 1. The number of rotatable bonds is 12. The molecule has 2 heterocycles. The second-order valence-electron chi connectivity index (χ2n) is 7.76. The lowest BCUT2D eigenvalue weighted by molar-refractivity contribution is -0.384. The average Bonchev–Trinajstić information content (AvgIpc) is 3.09. The van der Waals surface area contributed by atoms with Crippen molar-refractivity contribution in [2.45, 2.75) is 24.5 Å². The molecule has 0 amide bonds. The first-order valence-electron chi connectivity index (χ1n) is 10.5. The number of hydrogen-bond donors (Lipinski definition) is 7. The molecule has 20 nitrogen and oxygen atoms in total. The van der Waals surface area contributed by atoms with Crippen LogP contribution in [0, 0.1) is 10.1 Å². The smallest absolute Gasteiger partial charge is 0.387 e. The monoisotopic (exact) mass is 630 g/mol. The number of nitro benzene ring substituents is 1. The summed E-state index contributed by atoms with van der Waals surface area (Å²) in [6, 6.07) is 6.89. The Balaban J connectivity index is 1.61. The van der Waals surface area contributed by atoms with E-state index in [9.17, 15) is 43.7 Å². The molecule has 3 rings (SSSR count). The SMILES string of the molecule is O=c1nc(N/C=C/c2ccc([N+](=O)[O-])cc2)ccn1[C@H]1O[C@H](COP(=O)(O)OP(=O)(O)OP(=O)(O)O)[C@@H](O)[C@H]1O. The maximum absolute atomic E-state index is 12.5. The highest BCUT2D eigenvalue weighted by Crippen LogP contribution is 2.66. The van der Waals surface area contributed by atoms with Crippen LogP contribution in [0.1, 0.15) is 11.8 Å². The van der Waals surface area contributed by atoms with Gasteiger partial charge in [-0.3, -0.25) is 19.2 Å². The van der Waals surface area contributed by atoms with Crippen LogP contribution < -0.4 is 11.0 Å². The Morgan fingerprint density at radius 1 is 1.05 bits per heavy atom. The van der Waals surface area contributed by atoms with E-state index in [1.165, 1.54) is 36.5 Å². The van der Waals surface area contributed by atoms with E-state index in [0.717, 1.165) is 10.8 Å². The van der Waals surface area contributed by atoms with Crippen molar-refractivity contribution in [1.82, 2.24) is 9.55 Å². The van der Waals surface area contributed by atoms with Gasteiger partial charge in [0.25, 0.3) is 5.69 Å². The fourth-order valence-corrected chi connectivity index (χ4v) is 6.21. The Morgan fingerprint density at radius 2 is 1.70 bits per heavy atom. The van der Waals surface area contributed by atoms with Gasteiger partial charge in [0.05, 0.1) is 11.5 Å². The van der Waals surface area contributed by atoms with Gasteiger partial charge < -0.3 is 39.8 Å². The minimum atomic E-state index is -5.77. The fraction of sp³-hybridized carbons (Fsp3) is 0.294. The van der Waals surface area contributed by atoms with Gasteiger partial charge in [0.1, 0.15) is 24.1 Å². The average molecular weight is 630 g/mol. The van der Waals surface area contributed by atoms with Crippen molar-refractivity contribution in [3.05, 3.63) is 68.9 Å². The molecule has 0 spiro atoms. The van der Waals surface area contributed by atoms with Crippen molar-refractivity contribution in [2.24, 2.45) is 0 Å². The molecule has 0 bridgehead atoms. The third-order valence-corrected chi connectivity index (χ3v) is 8.67. The summed E-state index contributed by atoms with van der Waals surface area (Å²) in [5.41, 5.74) is -0.447. The first kappa shape index (κ1) is 31.9. The molecule has 220 valence electrons. The number of non-ortho nitro benzene ring substituents is 1. The van der Waals surface area contributed by atoms with Crippen LogP contribution in [0.15, 0.2) is 47.5 Å². The molecule has 0 saturated carbocycles. The molecule has 0 aliphatic carbocycles. The number of nitro groups is 1. The highest BCUT2D eigenvalue weighted by molar-refractivity contribution is 7.66. The number of anilines is 1. The highest BCUT2D eigenvalue weighted by atomic mass is 31.3. The van der Waals surface area contributed by atoms with Crippen LogP contribution in [0.5, 0.6) is 0 Å². The lowest BCUT2D eigenvalue weighted by atomic mass is 10.1. The Morgan fingerprint density at radius 3 is 2.27 bits per heavy atom. The van der Waals surface area contributed by atoms with E-state index in [-0.39, 0.29) is 11.5 Å². The third-order valence-electron chi connectivity index (χ3n) is 4.87. The van der Waals surface area contributed by atoms with Crippen LogP contribution in [0.25, 0.3) is 6.08 Å². The quantitative estimate of drug-likeness (QED) is 0.0935. The normalized spacial score (nSPS) is 24.4. The molecule has 1 fully saturated rings. The minimum Gasteiger partial charge on any atom is -0.387 e. The lowest BCUT2D eigenvalue weighted by Crippen LogP contribution is -2.36. The van der Waals surface area contributed by atoms with Crippen molar-refractivity contribution < 1.29 is 66.3 Å². The Kier molecular flexibility index (Phi) is 9.92. The fourth-order valence-electron chi connectivity index (χ4n) is 3.18. The number of benzene rings is 1. The van der Waals surface area contributed by atoms with Crippen LogP contribution in [-0.4, -0.2) is 69.2 Å². The summed E-state index contributed by atoms with van der Waals surface area (Å²) in [4.78, 5) is 62.1. The molecule has 1 aliphatic heterocycles. The van der Waals surface area contributed by atoms with Crippen molar-refractivity contribution in [3.8, 4) is 0 Å². The van der Waals surface area contributed by atoms with Crippen LogP contribution in [0.2, 0.25) is 0 Å². The molecule has 23 heteroatoms. The number of phosphoric ester groups is 1. The third kappa shape index (κ3) is 8.92. The summed E-state index contributed by atoms with van der Waals surface area (Å²) in [5, 5.41) is 33.9. The summed E-state index contributed by atoms with van der Waals surface area (Å²) in [7, 11) is -16.9. The molecule has 7 N–H and O–H groups in total. The molecule has 1 aliphatic rings. The zero-order valence-electron chi connectivity index (χ0n) is 19.6. The Hall–Kier alpha value is -2.67. The van der Waals surface area contributed by atoms with E-state index < -0.39 is 65.2 Å². The number of phosphoric acid groups is 3. The van der Waals surface area contributed by atoms with E-state index in [4.69, 9.17) is 19.4 Å². The number of aliphatic hydroxyl groups is 2. The zero-order valence-corrected chi connectivity index (χ0v) is 22.3. The molecule has 2 aromatic rings. The predicted molar refractivity (Wildman–Crippen MR) is 130 cm³/mol. The molecule has 40 heavy (non-hydrogen) atoms. The predicted octanol–water partition coefficient (Wildman–Crippen LogP) is 0.197. The number of aromatic nitrogens is 2. The van der Waals surface area contributed by atoms with Gasteiger partial charge >= 0.3 is 29.2 Å². The second kappa shape index (κ2) is 12.5. The topological polar surface area (TPSA) is 300 Å². The molecule has 0 radical (unpaired) electrons. The summed E-state index contributed by atoms with van der Waals surface area (Å²) in [6.45, 7) is -1.06. The van der Waals surface area contributed by atoms with Crippen molar-refractivity contribution in [3.63, 3.8) is 0 Å². The van der Waals surface area contributed by atoms with Crippen LogP contribution in [0.4, 0.5) is 11.5 Å². The van der Waals surface area contributed by atoms with Gasteiger partial charge in [0, 0.05) is 24.5 Å². The van der Waals surface area contributed by atoms with E-state index in [0.29, 0.717) is 5.56 Å². The van der Waals surface area contributed by atoms with Crippen LogP contribution in [0.3, 0.4) is 0 Å². The van der Waals surface area contributed by atoms with E-state index in [1.54, 1.807) is 6.08 Å². The van der Waals surface area contributed by atoms with Gasteiger partial charge in [-0.2, -0.15) is 13.6 Å². The van der Waals surface area contributed by atoms with Gasteiger partial charge in [0.2, 0.25) is 0 Å². The van der Waals surface area contributed by atoms with E-state index >= 15 is 0 Å². The van der Waals surface area contributed by atoms with Gasteiger partial charge in [-0.25, -0.2) is 18.5 Å². The van der Waals surface area contributed by atoms with Gasteiger partial charge in [-0.1, -0.05) is 0 Å². The van der Waals surface area contributed by atoms with Crippen molar-refractivity contribution >= 4 is 41.0 Å². The first-order valence-corrected chi connectivity index (χ1v) is 15.1. The summed E-state index contributed by atoms with van der Waals surface area (Å²) in [5.74, 6) is 0.0525. The second-order valence-corrected chi connectivity index (χ2v) is 12.2. The van der Waals surface area contributed by atoms with Gasteiger partial charge in [-0.05, 0) is 29.8 Å². The van der Waals surface area contributed by atoms with Crippen molar-refractivity contribution in [2.75, 3.05) is 11.9 Å². The molecular formula is C17H21N4O16P3. The number of aliphatic hydroxyl groups excluding tert-OH is 2. The molecule has 2 unspecified atom stereocenters. The van der Waals surface area contributed by atoms with Crippen molar-refractivity contribution in [1.29, 1.82) is 0 Å². The number of nitrogens with one attached hydrogen (secondary N) is 1.